The number of hydrogen-bond donors (Lipinski definition) is 2. The van der Waals surface area contributed by atoms with Crippen molar-refractivity contribution < 1.29 is 9.47 Å². The fourth-order valence-electron chi connectivity index (χ4n) is 4.00. The normalized spacial score (nSPS) is 17.2. The highest BCUT2D eigenvalue weighted by atomic mass is 16.7. The van der Waals surface area contributed by atoms with Gasteiger partial charge < -0.3 is 20.1 Å². The summed E-state index contributed by atoms with van der Waals surface area (Å²) in [6.45, 7) is 7.47. The lowest BCUT2D eigenvalue weighted by atomic mass is 9.96. The fraction of sp³-hybridized carbons (Fsp3) is 0.458. The number of hydrogen-bond acceptors (Lipinski definition) is 4. The molecule has 0 radical (unpaired) electrons. The molecule has 0 amide bonds. The first-order chi connectivity index (χ1) is 14.7. The third kappa shape index (κ3) is 5.45. The number of piperidine rings is 1. The second kappa shape index (κ2) is 9.85. The lowest BCUT2D eigenvalue weighted by Gasteiger charge is -2.32. The number of aryl methyl sites for hydroxylation is 1. The molecule has 0 aliphatic carbocycles. The van der Waals surface area contributed by atoms with Crippen LogP contribution in [0.25, 0.3) is 0 Å². The minimum Gasteiger partial charge on any atom is -0.454 e. The van der Waals surface area contributed by atoms with Crippen molar-refractivity contribution in [3.05, 3.63) is 59.2 Å². The van der Waals surface area contributed by atoms with Crippen molar-refractivity contribution in [1.82, 2.24) is 15.5 Å². The quantitative estimate of drug-likeness (QED) is 0.567. The average Bonchev–Trinajstić information content (AvgIpc) is 3.24. The van der Waals surface area contributed by atoms with E-state index in [1.807, 2.05) is 19.2 Å². The van der Waals surface area contributed by atoms with Crippen LogP contribution in [0.2, 0.25) is 0 Å². The topological polar surface area (TPSA) is 58.1 Å². The Kier molecular flexibility index (Phi) is 6.74. The van der Waals surface area contributed by atoms with E-state index < -0.39 is 0 Å². The van der Waals surface area contributed by atoms with Crippen molar-refractivity contribution in [1.29, 1.82) is 0 Å². The molecule has 1 saturated heterocycles. The first-order valence-corrected chi connectivity index (χ1v) is 10.8. The predicted octanol–water partition coefficient (Wildman–Crippen LogP) is 3.30. The van der Waals surface area contributed by atoms with Crippen molar-refractivity contribution >= 4 is 5.96 Å². The molecule has 6 nitrogen and oxygen atoms in total. The maximum atomic E-state index is 5.45. The Morgan fingerprint density at radius 2 is 1.73 bits per heavy atom. The van der Waals surface area contributed by atoms with Crippen LogP contribution in [-0.2, 0) is 13.1 Å². The second-order valence-corrected chi connectivity index (χ2v) is 8.20. The number of likely N-dealkylation sites (tertiary alicyclic amines) is 1. The monoisotopic (exact) mass is 408 g/mol. The molecule has 1 fully saturated rings. The molecule has 2 heterocycles. The van der Waals surface area contributed by atoms with Gasteiger partial charge in [-0.2, -0.15) is 0 Å². The van der Waals surface area contributed by atoms with Crippen LogP contribution in [-0.4, -0.2) is 44.3 Å². The van der Waals surface area contributed by atoms with Crippen LogP contribution in [0.3, 0.4) is 0 Å². The molecule has 0 spiro atoms. The van der Waals surface area contributed by atoms with E-state index in [4.69, 9.17) is 9.47 Å². The summed E-state index contributed by atoms with van der Waals surface area (Å²) in [6.07, 6.45) is 2.44. The molecule has 0 atom stereocenters. The Morgan fingerprint density at radius 1 is 1.00 bits per heavy atom. The van der Waals surface area contributed by atoms with Gasteiger partial charge in [0.25, 0.3) is 0 Å². The maximum Gasteiger partial charge on any atom is 0.231 e. The number of benzene rings is 2. The van der Waals surface area contributed by atoms with Crippen LogP contribution in [0.5, 0.6) is 11.5 Å². The molecule has 0 aromatic heterocycles. The molecule has 160 valence electrons. The fourth-order valence-corrected chi connectivity index (χ4v) is 4.00. The van der Waals surface area contributed by atoms with Gasteiger partial charge in [0.05, 0.1) is 0 Å². The van der Waals surface area contributed by atoms with E-state index in [0.29, 0.717) is 19.3 Å². The molecule has 30 heavy (non-hydrogen) atoms. The van der Waals surface area contributed by atoms with Gasteiger partial charge in [-0.1, -0.05) is 35.9 Å². The van der Waals surface area contributed by atoms with E-state index in [1.54, 1.807) is 0 Å². The Bertz CT molecular complexity index is 858. The highest BCUT2D eigenvalue weighted by Crippen LogP contribution is 2.32. The third-order valence-corrected chi connectivity index (χ3v) is 5.91. The third-order valence-electron chi connectivity index (χ3n) is 5.91. The van der Waals surface area contributed by atoms with Gasteiger partial charge in [-0.15, -0.1) is 0 Å². The Morgan fingerprint density at radius 3 is 2.50 bits per heavy atom. The minimum absolute atomic E-state index is 0.305. The first-order valence-electron chi connectivity index (χ1n) is 10.8. The van der Waals surface area contributed by atoms with Gasteiger partial charge in [0.15, 0.2) is 17.5 Å². The zero-order valence-corrected chi connectivity index (χ0v) is 18.0. The molecule has 2 aliphatic heterocycles. The SMILES string of the molecule is CN=C(NCc1ccc2c(c1)OCO2)NCC1CCN(Cc2ccc(C)cc2)CC1. The van der Waals surface area contributed by atoms with Gasteiger partial charge in [-0.3, -0.25) is 9.89 Å². The summed E-state index contributed by atoms with van der Waals surface area (Å²) >= 11 is 0. The van der Waals surface area contributed by atoms with E-state index in [9.17, 15) is 0 Å². The summed E-state index contributed by atoms with van der Waals surface area (Å²) in [7, 11) is 1.82. The molecule has 2 aliphatic rings. The van der Waals surface area contributed by atoms with E-state index in [-0.39, 0.29) is 0 Å². The van der Waals surface area contributed by atoms with E-state index in [2.05, 4.69) is 57.8 Å². The van der Waals surface area contributed by atoms with Crippen molar-refractivity contribution in [2.45, 2.75) is 32.9 Å². The van der Waals surface area contributed by atoms with Crippen LogP contribution in [0.15, 0.2) is 47.5 Å². The van der Waals surface area contributed by atoms with Crippen LogP contribution < -0.4 is 20.1 Å². The standard InChI is InChI=1S/C24H32N4O2/c1-18-3-5-20(6-4-18)16-28-11-9-19(10-12-28)14-26-24(25-2)27-15-21-7-8-22-23(13-21)30-17-29-22/h3-8,13,19H,9-12,14-17H2,1-2H3,(H2,25,26,27). The van der Waals surface area contributed by atoms with Gasteiger partial charge in [0.1, 0.15) is 0 Å². The van der Waals surface area contributed by atoms with Gasteiger partial charge in [-0.25, -0.2) is 0 Å². The number of fused-ring (bicyclic) bond motifs is 1. The van der Waals surface area contributed by atoms with E-state index in [0.717, 1.165) is 49.2 Å². The molecule has 0 unspecified atom stereocenters. The van der Waals surface area contributed by atoms with E-state index >= 15 is 0 Å². The number of nitrogens with one attached hydrogen (secondary N) is 2. The summed E-state index contributed by atoms with van der Waals surface area (Å²) in [4.78, 5) is 6.93. The Hall–Kier alpha value is -2.73. The van der Waals surface area contributed by atoms with Crippen molar-refractivity contribution in [3.8, 4) is 11.5 Å². The minimum atomic E-state index is 0.305. The second-order valence-electron chi connectivity index (χ2n) is 8.20. The number of aliphatic imine (C=N–C) groups is 1. The number of rotatable bonds is 6. The van der Waals surface area contributed by atoms with Crippen molar-refractivity contribution in [3.63, 3.8) is 0 Å². The molecule has 4 rings (SSSR count). The van der Waals surface area contributed by atoms with Gasteiger partial charge >= 0.3 is 0 Å². The predicted molar refractivity (Wildman–Crippen MR) is 120 cm³/mol. The highest BCUT2D eigenvalue weighted by molar-refractivity contribution is 5.79. The molecule has 0 saturated carbocycles. The van der Waals surface area contributed by atoms with Gasteiger partial charge in [-0.05, 0) is 62.0 Å². The first kappa shape index (κ1) is 20.5. The lowest BCUT2D eigenvalue weighted by molar-refractivity contribution is 0.174. The van der Waals surface area contributed by atoms with Crippen LogP contribution in [0.1, 0.15) is 29.5 Å². The smallest absolute Gasteiger partial charge is 0.231 e. The lowest BCUT2D eigenvalue weighted by Crippen LogP contribution is -2.42. The van der Waals surface area contributed by atoms with Crippen LogP contribution in [0, 0.1) is 12.8 Å². The summed E-state index contributed by atoms with van der Waals surface area (Å²) in [5.41, 5.74) is 3.88. The van der Waals surface area contributed by atoms with Crippen LogP contribution in [0.4, 0.5) is 0 Å². The summed E-state index contributed by atoms with van der Waals surface area (Å²) in [6, 6.07) is 14.9. The molecule has 0 bridgehead atoms. The van der Waals surface area contributed by atoms with Crippen molar-refractivity contribution in [2.75, 3.05) is 33.5 Å². The molecule has 6 heteroatoms. The van der Waals surface area contributed by atoms with E-state index in [1.165, 1.54) is 24.0 Å². The molecule has 2 N–H and O–H groups in total. The largest absolute Gasteiger partial charge is 0.454 e. The molecular formula is C24H32N4O2. The number of guanidine groups is 1. The van der Waals surface area contributed by atoms with Crippen LogP contribution >= 0.6 is 0 Å². The van der Waals surface area contributed by atoms with Gasteiger partial charge in [0, 0.05) is 26.7 Å². The maximum absolute atomic E-state index is 5.45. The molecule has 2 aromatic carbocycles. The summed E-state index contributed by atoms with van der Waals surface area (Å²) in [5.74, 6) is 3.16. The summed E-state index contributed by atoms with van der Waals surface area (Å²) < 4.78 is 10.8. The zero-order chi connectivity index (χ0) is 20.8. The molecular weight excluding hydrogens is 376 g/mol. The Balaban J connectivity index is 1.17. The highest BCUT2D eigenvalue weighted by Gasteiger charge is 2.19. The summed E-state index contributed by atoms with van der Waals surface area (Å²) in [5, 5.41) is 6.89. The number of ether oxygens (including phenoxy) is 2. The molecule has 2 aromatic rings. The average molecular weight is 409 g/mol. The van der Waals surface area contributed by atoms with Crippen molar-refractivity contribution in [2.24, 2.45) is 10.9 Å². The Labute approximate surface area is 179 Å². The zero-order valence-electron chi connectivity index (χ0n) is 18.0. The van der Waals surface area contributed by atoms with Gasteiger partial charge in [0.2, 0.25) is 6.79 Å². The number of nitrogens with zero attached hydrogens (tertiary/aromatic N) is 2.